The van der Waals surface area contributed by atoms with E-state index in [2.05, 4.69) is 26.1 Å². The molecule has 2 amide bonds. The average Bonchev–Trinajstić information content (AvgIpc) is 2.67. The van der Waals surface area contributed by atoms with Crippen LogP contribution in [0.1, 0.15) is 10.4 Å². The summed E-state index contributed by atoms with van der Waals surface area (Å²) < 4.78 is 0. The molecular formula is C15H13N7O4. The number of nitrogens with zero attached hydrogens (tertiary/aromatic N) is 4. The van der Waals surface area contributed by atoms with Gasteiger partial charge in [0, 0.05) is 24.5 Å². The summed E-state index contributed by atoms with van der Waals surface area (Å²) in [4.78, 5) is 27.4. The highest BCUT2D eigenvalue weighted by Crippen LogP contribution is 2.14. The second-order valence-electron chi connectivity index (χ2n) is 4.78. The van der Waals surface area contributed by atoms with Crippen LogP contribution in [0.5, 0.6) is 0 Å². The fourth-order valence-electron chi connectivity index (χ4n) is 1.69. The summed E-state index contributed by atoms with van der Waals surface area (Å²) in [7, 11) is 0. The Bertz CT molecular complexity index is 831. The van der Waals surface area contributed by atoms with Crippen molar-refractivity contribution < 1.29 is 20.0 Å². The highest BCUT2D eigenvalue weighted by molar-refractivity contribution is 5.95. The van der Waals surface area contributed by atoms with Gasteiger partial charge in [-0.15, -0.1) is 0 Å². The van der Waals surface area contributed by atoms with Crippen LogP contribution in [0, 0.1) is 16.5 Å². The minimum absolute atomic E-state index is 0.0663. The number of pyridine rings is 1. The van der Waals surface area contributed by atoms with Gasteiger partial charge in [-0.05, 0) is 24.3 Å². The van der Waals surface area contributed by atoms with Crippen LogP contribution in [-0.2, 0) is 4.79 Å². The molecule has 0 radical (unpaired) electrons. The van der Waals surface area contributed by atoms with Crippen LogP contribution in [-0.4, -0.2) is 28.0 Å². The second-order valence-corrected chi connectivity index (χ2v) is 4.78. The fourth-order valence-corrected chi connectivity index (χ4v) is 1.69. The number of amides is 2. The number of rotatable bonds is 5. The number of carbonyl (C=O) groups excluding carboxylic acids is 2. The Kier molecular flexibility index (Phi) is 6.40. The molecule has 2 rings (SSSR count). The van der Waals surface area contributed by atoms with Crippen molar-refractivity contribution in [2.75, 3.05) is 0 Å². The van der Waals surface area contributed by atoms with E-state index < -0.39 is 23.1 Å². The molecule has 1 unspecified atom stereocenters. The smallest absolute Gasteiger partial charge is 0.279 e. The van der Waals surface area contributed by atoms with E-state index in [0.29, 0.717) is 0 Å². The number of nitriles is 1. The van der Waals surface area contributed by atoms with Crippen molar-refractivity contribution in [3.8, 4) is 6.07 Å². The van der Waals surface area contributed by atoms with Gasteiger partial charge in [0.15, 0.2) is 5.69 Å². The van der Waals surface area contributed by atoms with E-state index in [0.717, 1.165) is 0 Å². The Labute approximate surface area is 147 Å². The standard InChI is InChI=1S/C15H13N7O4/c16-8-13(19-18-11-3-5-12(6-4-11)22(25)26)15(24)21-20-14(23)10-2-1-7-17-9-10/h1-7,9,13,22,25H,(H,20,23)(H,21,24)/t13-/m0/s1. The van der Waals surface area contributed by atoms with Gasteiger partial charge >= 0.3 is 0 Å². The topological polar surface area (TPSA) is 167 Å². The van der Waals surface area contributed by atoms with E-state index in [1.54, 1.807) is 12.1 Å². The highest BCUT2D eigenvalue weighted by atomic mass is 16.8. The van der Waals surface area contributed by atoms with Gasteiger partial charge in [-0.1, -0.05) is 0 Å². The van der Waals surface area contributed by atoms with Crippen molar-refractivity contribution in [1.29, 1.82) is 5.26 Å². The highest BCUT2D eigenvalue weighted by Gasteiger charge is 2.18. The summed E-state index contributed by atoms with van der Waals surface area (Å²) in [5, 5.41) is 34.8. The summed E-state index contributed by atoms with van der Waals surface area (Å²) in [6.45, 7) is 0. The molecule has 11 heteroatoms. The first-order chi connectivity index (χ1) is 12.5. The molecule has 0 saturated carbocycles. The molecule has 26 heavy (non-hydrogen) atoms. The monoisotopic (exact) mass is 355 g/mol. The maximum atomic E-state index is 11.9. The van der Waals surface area contributed by atoms with Gasteiger partial charge in [0.2, 0.25) is 6.04 Å². The molecule has 2 aromatic rings. The molecular weight excluding hydrogens is 342 g/mol. The van der Waals surface area contributed by atoms with Crippen molar-refractivity contribution in [2.24, 2.45) is 10.2 Å². The van der Waals surface area contributed by atoms with Crippen LogP contribution in [0.4, 0.5) is 11.4 Å². The molecule has 0 spiro atoms. The van der Waals surface area contributed by atoms with E-state index in [1.807, 2.05) is 0 Å². The number of hydrogen-bond donors (Lipinski definition) is 4. The molecule has 2 atom stereocenters. The van der Waals surface area contributed by atoms with E-state index in [1.165, 1.54) is 42.7 Å². The van der Waals surface area contributed by atoms with Gasteiger partial charge in [0.25, 0.3) is 11.8 Å². The minimum Gasteiger partial charge on any atom is -0.595 e. The van der Waals surface area contributed by atoms with Crippen LogP contribution in [0.25, 0.3) is 0 Å². The SMILES string of the molecule is N#C[C@H](N=Nc1ccc([NH+]([O-])O)cc1)C(=O)NNC(=O)c1cccnc1. The Balaban J connectivity index is 1.94. The van der Waals surface area contributed by atoms with Gasteiger partial charge < -0.3 is 5.21 Å². The Hall–Kier alpha value is -3.72. The van der Waals surface area contributed by atoms with Gasteiger partial charge in [-0.3, -0.25) is 25.4 Å². The number of benzene rings is 1. The van der Waals surface area contributed by atoms with Crippen LogP contribution >= 0.6 is 0 Å². The normalized spacial score (nSPS) is 12.8. The molecule has 0 fully saturated rings. The fraction of sp³-hybridized carbons (Fsp3) is 0.0667. The van der Waals surface area contributed by atoms with E-state index in [9.17, 15) is 14.8 Å². The first-order valence-corrected chi connectivity index (χ1v) is 7.15. The molecule has 0 aliphatic heterocycles. The molecule has 11 nitrogen and oxygen atoms in total. The molecule has 1 aromatic heterocycles. The lowest BCUT2D eigenvalue weighted by Gasteiger charge is -2.10. The number of quaternary nitrogens is 1. The van der Waals surface area contributed by atoms with Crippen molar-refractivity contribution in [3.63, 3.8) is 0 Å². The molecule has 132 valence electrons. The van der Waals surface area contributed by atoms with Gasteiger partial charge in [-0.25, -0.2) is 5.21 Å². The third-order valence-corrected chi connectivity index (χ3v) is 3.00. The third-order valence-electron chi connectivity index (χ3n) is 3.00. The second kappa shape index (κ2) is 8.94. The number of hydrazine groups is 1. The molecule has 0 saturated heterocycles. The van der Waals surface area contributed by atoms with Crippen molar-refractivity contribution in [3.05, 3.63) is 59.6 Å². The summed E-state index contributed by atoms with van der Waals surface area (Å²) in [6.07, 6.45) is 2.80. The molecule has 1 heterocycles. The lowest BCUT2D eigenvalue weighted by atomic mass is 10.3. The van der Waals surface area contributed by atoms with Crippen molar-refractivity contribution in [1.82, 2.24) is 15.8 Å². The number of hydrogen-bond acceptors (Lipinski definition) is 8. The van der Waals surface area contributed by atoms with Crippen molar-refractivity contribution >= 4 is 23.2 Å². The first kappa shape index (κ1) is 18.6. The minimum atomic E-state index is -1.50. The Morgan fingerprint density at radius 1 is 1.27 bits per heavy atom. The number of nitrogens with one attached hydrogen (secondary N) is 3. The van der Waals surface area contributed by atoms with Gasteiger partial charge in [-0.2, -0.15) is 20.7 Å². The van der Waals surface area contributed by atoms with Gasteiger partial charge in [0.05, 0.1) is 11.3 Å². The van der Waals surface area contributed by atoms with E-state index in [4.69, 9.17) is 10.5 Å². The summed E-state index contributed by atoms with van der Waals surface area (Å²) in [6, 6.07) is 8.57. The summed E-state index contributed by atoms with van der Waals surface area (Å²) >= 11 is 0. The number of azo groups is 1. The zero-order valence-corrected chi connectivity index (χ0v) is 13.2. The lowest BCUT2D eigenvalue weighted by molar-refractivity contribution is -0.991. The summed E-state index contributed by atoms with van der Waals surface area (Å²) in [5.74, 6) is -1.49. The van der Waals surface area contributed by atoms with Crippen LogP contribution < -0.4 is 16.1 Å². The largest absolute Gasteiger partial charge is 0.595 e. The molecule has 0 bridgehead atoms. The maximum Gasteiger partial charge on any atom is 0.279 e. The number of carbonyl (C=O) groups is 2. The van der Waals surface area contributed by atoms with E-state index >= 15 is 0 Å². The Morgan fingerprint density at radius 3 is 2.58 bits per heavy atom. The predicted octanol–water partition coefficient (Wildman–Crippen LogP) is -0.0779. The third kappa shape index (κ3) is 5.14. The van der Waals surface area contributed by atoms with Crippen LogP contribution in [0.15, 0.2) is 59.0 Å². The van der Waals surface area contributed by atoms with Gasteiger partial charge in [0.1, 0.15) is 6.07 Å². The van der Waals surface area contributed by atoms with Crippen molar-refractivity contribution in [2.45, 2.75) is 6.04 Å². The molecule has 1 aromatic carbocycles. The Morgan fingerprint density at radius 2 is 2.00 bits per heavy atom. The zero-order chi connectivity index (χ0) is 18.9. The first-order valence-electron chi connectivity index (χ1n) is 7.15. The maximum absolute atomic E-state index is 11.9. The van der Waals surface area contributed by atoms with E-state index in [-0.39, 0.29) is 16.9 Å². The van der Waals surface area contributed by atoms with Crippen LogP contribution in [0.3, 0.4) is 0 Å². The molecule has 4 N–H and O–H groups in total. The van der Waals surface area contributed by atoms with Crippen LogP contribution in [0.2, 0.25) is 0 Å². The predicted molar refractivity (Wildman–Crippen MR) is 86.0 cm³/mol. The number of aromatic nitrogens is 1. The quantitative estimate of drug-likeness (QED) is 0.432. The average molecular weight is 355 g/mol. The molecule has 0 aliphatic carbocycles. The summed E-state index contributed by atoms with van der Waals surface area (Å²) in [5.41, 5.74) is 4.76. The zero-order valence-electron chi connectivity index (χ0n) is 13.2. The molecule has 0 aliphatic rings. The lowest BCUT2D eigenvalue weighted by Crippen LogP contribution is -2.99.